The van der Waals surface area contributed by atoms with Gasteiger partial charge in [-0.15, -0.1) is 0 Å². The lowest BCUT2D eigenvalue weighted by atomic mass is 9.93. The molecule has 2 amide bonds. The van der Waals surface area contributed by atoms with Crippen molar-refractivity contribution < 1.29 is 24.6 Å². The Bertz CT molecular complexity index is 740. The summed E-state index contributed by atoms with van der Waals surface area (Å²) in [5, 5.41) is 19.9. The van der Waals surface area contributed by atoms with Crippen LogP contribution in [0.15, 0.2) is 24.3 Å². The summed E-state index contributed by atoms with van der Waals surface area (Å²) in [6, 6.07) is 8.99. The second-order valence-corrected chi connectivity index (χ2v) is 10.6. The molecule has 1 aromatic carbocycles. The maximum Gasteiger partial charge on any atom is 0.242 e. The quantitative estimate of drug-likeness (QED) is 0.236. The Balaban J connectivity index is 0.000000547. The third kappa shape index (κ3) is 19.5. The highest BCUT2D eigenvalue weighted by molar-refractivity contribution is 5.80. The molecule has 0 aromatic heterocycles. The maximum atomic E-state index is 11.3. The minimum Gasteiger partial charge on any atom is -0.368 e. The van der Waals surface area contributed by atoms with E-state index < -0.39 is 6.29 Å². The van der Waals surface area contributed by atoms with Crippen molar-refractivity contribution in [2.24, 2.45) is 0 Å². The van der Waals surface area contributed by atoms with Crippen LogP contribution in [0.2, 0.25) is 0 Å². The summed E-state index contributed by atoms with van der Waals surface area (Å²) in [6.45, 7) is 9.33. The number of unbranched alkanes of at least 4 members (excludes halogenated alkanes) is 1. The molecule has 1 aliphatic carbocycles. The van der Waals surface area contributed by atoms with E-state index in [-0.39, 0.29) is 12.5 Å². The van der Waals surface area contributed by atoms with Crippen LogP contribution in [0, 0.1) is 0 Å². The predicted octanol–water partition coefficient (Wildman–Crippen LogP) is 5.90. The van der Waals surface area contributed by atoms with Crippen molar-refractivity contribution >= 4 is 18.6 Å². The van der Waals surface area contributed by atoms with Gasteiger partial charge in [-0.2, -0.15) is 0 Å². The maximum absolute atomic E-state index is 11.3. The van der Waals surface area contributed by atoms with Crippen LogP contribution in [0.5, 0.6) is 0 Å². The first kappa shape index (κ1) is 36.8. The molecule has 39 heavy (non-hydrogen) atoms. The van der Waals surface area contributed by atoms with E-state index in [1.165, 1.54) is 49.7 Å². The van der Waals surface area contributed by atoms with Crippen LogP contribution >= 0.6 is 0 Å². The lowest BCUT2D eigenvalue weighted by molar-refractivity contribution is -0.131. The molecule has 1 aromatic rings. The van der Waals surface area contributed by atoms with Crippen molar-refractivity contribution in [3.05, 3.63) is 35.4 Å². The van der Waals surface area contributed by atoms with Crippen molar-refractivity contribution in [2.45, 2.75) is 136 Å². The Labute approximate surface area is 237 Å². The molecule has 2 unspecified atom stereocenters. The monoisotopic (exact) mass is 548 g/mol. The van der Waals surface area contributed by atoms with E-state index in [1.807, 2.05) is 18.7 Å². The number of aldehydes is 1. The average molecular weight is 549 g/mol. The van der Waals surface area contributed by atoms with Gasteiger partial charge in [-0.3, -0.25) is 9.59 Å². The Morgan fingerprint density at radius 3 is 2.13 bits per heavy atom. The molecule has 7 heteroatoms. The van der Waals surface area contributed by atoms with E-state index in [0.717, 1.165) is 51.4 Å². The van der Waals surface area contributed by atoms with E-state index in [2.05, 4.69) is 43.4 Å². The van der Waals surface area contributed by atoms with Crippen molar-refractivity contribution in [1.82, 2.24) is 10.2 Å². The largest absolute Gasteiger partial charge is 0.368 e. The molecular formula is C32H56N2O5. The van der Waals surface area contributed by atoms with Gasteiger partial charge in [0.05, 0.1) is 6.54 Å². The van der Waals surface area contributed by atoms with Crippen LogP contribution in [0.3, 0.4) is 0 Å². The molecule has 3 rings (SSSR count). The topological polar surface area (TPSA) is 107 Å². The van der Waals surface area contributed by atoms with Gasteiger partial charge in [0.15, 0.2) is 6.29 Å². The van der Waals surface area contributed by atoms with Crippen LogP contribution in [-0.4, -0.2) is 59.1 Å². The van der Waals surface area contributed by atoms with Gasteiger partial charge in [0.25, 0.3) is 0 Å². The number of carbonyl (C=O) groups is 3. The van der Waals surface area contributed by atoms with Crippen molar-refractivity contribution in [1.29, 1.82) is 0 Å². The van der Waals surface area contributed by atoms with E-state index in [4.69, 9.17) is 10.2 Å². The summed E-state index contributed by atoms with van der Waals surface area (Å²) in [5.41, 5.74) is 2.72. The highest BCUT2D eigenvalue weighted by Gasteiger charge is 2.24. The van der Waals surface area contributed by atoms with Crippen molar-refractivity contribution in [2.75, 3.05) is 13.1 Å². The number of carbonyl (C=O) groups excluding carboxylic acids is 3. The Morgan fingerprint density at radius 1 is 1.05 bits per heavy atom. The number of aryl methyl sites for hydroxylation is 1. The molecule has 2 fully saturated rings. The molecular weight excluding hydrogens is 492 g/mol. The SMILES string of the molecule is C1CCCCC1.CC1CCCN1C(=O)CNC=O.CCCC=O.CCc1cccc(C(C)CCCC(O)O)c1. The van der Waals surface area contributed by atoms with Gasteiger partial charge in [-0.05, 0) is 68.9 Å². The molecule has 224 valence electrons. The van der Waals surface area contributed by atoms with Crippen molar-refractivity contribution in [3.63, 3.8) is 0 Å². The van der Waals surface area contributed by atoms with Crippen LogP contribution in [-0.2, 0) is 20.8 Å². The van der Waals surface area contributed by atoms with Crippen LogP contribution in [0.25, 0.3) is 0 Å². The van der Waals surface area contributed by atoms with Crippen LogP contribution in [0.1, 0.15) is 128 Å². The lowest BCUT2D eigenvalue weighted by Crippen LogP contribution is -2.39. The first-order chi connectivity index (χ1) is 18.8. The van der Waals surface area contributed by atoms with E-state index in [1.54, 1.807) is 0 Å². The zero-order valence-electron chi connectivity index (χ0n) is 25.1. The zero-order valence-corrected chi connectivity index (χ0v) is 25.1. The smallest absolute Gasteiger partial charge is 0.242 e. The number of likely N-dealkylation sites (tertiary alicyclic amines) is 1. The number of benzene rings is 1. The number of hydrogen-bond donors (Lipinski definition) is 3. The minimum absolute atomic E-state index is 0.0205. The van der Waals surface area contributed by atoms with Gasteiger partial charge < -0.3 is 25.2 Å². The molecule has 2 atom stereocenters. The highest BCUT2D eigenvalue weighted by Crippen LogP contribution is 2.22. The van der Waals surface area contributed by atoms with Gasteiger partial charge in [-0.1, -0.05) is 83.6 Å². The number of aliphatic hydroxyl groups is 2. The minimum atomic E-state index is -1.16. The van der Waals surface area contributed by atoms with Crippen LogP contribution < -0.4 is 5.32 Å². The summed E-state index contributed by atoms with van der Waals surface area (Å²) < 4.78 is 0. The molecule has 7 nitrogen and oxygen atoms in total. The second kappa shape index (κ2) is 24.8. The molecule has 0 spiro atoms. The van der Waals surface area contributed by atoms with Gasteiger partial charge >= 0.3 is 0 Å². The predicted molar refractivity (Wildman–Crippen MR) is 159 cm³/mol. The molecule has 1 heterocycles. The lowest BCUT2D eigenvalue weighted by Gasteiger charge is -2.20. The Hall–Kier alpha value is -2.25. The molecule has 1 saturated heterocycles. The summed E-state index contributed by atoms with van der Waals surface area (Å²) >= 11 is 0. The third-order valence-corrected chi connectivity index (χ3v) is 7.14. The molecule has 2 aliphatic rings. The summed E-state index contributed by atoms with van der Waals surface area (Å²) in [7, 11) is 0. The third-order valence-electron chi connectivity index (χ3n) is 7.14. The first-order valence-electron chi connectivity index (χ1n) is 15.2. The number of hydrogen-bond acceptors (Lipinski definition) is 5. The summed E-state index contributed by atoms with van der Waals surface area (Å²) in [4.78, 5) is 32.5. The van der Waals surface area contributed by atoms with E-state index in [0.29, 0.717) is 31.2 Å². The number of rotatable bonds is 11. The molecule has 0 bridgehead atoms. The highest BCUT2D eigenvalue weighted by atomic mass is 16.5. The summed E-state index contributed by atoms with van der Waals surface area (Å²) in [6.07, 6.45) is 16.6. The first-order valence-corrected chi connectivity index (χ1v) is 15.2. The van der Waals surface area contributed by atoms with E-state index >= 15 is 0 Å². The van der Waals surface area contributed by atoms with Gasteiger partial charge in [0, 0.05) is 19.0 Å². The average Bonchev–Trinajstić information content (AvgIpc) is 3.40. The zero-order chi connectivity index (χ0) is 29.3. The number of nitrogens with one attached hydrogen (secondary N) is 1. The van der Waals surface area contributed by atoms with Gasteiger partial charge in [0.1, 0.15) is 6.29 Å². The number of amides is 2. The molecule has 1 saturated carbocycles. The Kier molecular flexibility index (Phi) is 23.3. The van der Waals surface area contributed by atoms with Gasteiger partial charge in [-0.25, -0.2) is 0 Å². The molecule has 3 N–H and O–H groups in total. The van der Waals surface area contributed by atoms with Crippen molar-refractivity contribution in [3.8, 4) is 0 Å². The fourth-order valence-electron chi connectivity index (χ4n) is 4.61. The Morgan fingerprint density at radius 2 is 1.69 bits per heavy atom. The fraction of sp³-hybridized carbons (Fsp3) is 0.719. The number of nitrogens with zero attached hydrogens (tertiary/aromatic N) is 1. The number of aliphatic hydroxyl groups excluding tert-OH is 1. The summed E-state index contributed by atoms with van der Waals surface area (Å²) in [5.74, 6) is 0.511. The van der Waals surface area contributed by atoms with Crippen LogP contribution in [0.4, 0.5) is 0 Å². The molecule has 0 radical (unpaired) electrons. The standard InChI is InChI=1S/C14H22O2.C8H14N2O2.C6H12.C4H8O/c1-3-12-7-5-8-13(10-12)11(2)6-4-9-14(15)16;1-7-3-2-4-10(7)8(12)5-9-6-11;1-2-4-6-5-3-1;1-2-3-4-5/h5,7-8,10-11,14-16H,3-4,6,9H2,1-2H3;6-7H,2-5H2,1H3,(H,9,11);1-6H2;4H,2-3H2,1H3. The molecule has 1 aliphatic heterocycles. The second-order valence-electron chi connectivity index (χ2n) is 10.6. The van der Waals surface area contributed by atoms with E-state index in [9.17, 15) is 14.4 Å². The fourth-order valence-corrected chi connectivity index (χ4v) is 4.61. The van der Waals surface area contributed by atoms with Gasteiger partial charge in [0.2, 0.25) is 12.3 Å². The normalized spacial score (nSPS) is 16.9.